The number of aliphatic carboxylic acids is 1. The van der Waals surface area contributed by atoms with Crippen molar-refractivity contribution in [1.29, 1.82) is 0 Å². The number of ether oxygens (including phenoxy) is 1. The van der Waals surface area contributed by atoms with Crippen molar-refractivity contribution in [2.45, 2.75) is 44.7 Å². The van der Waals surface area contributed by atoms with Gasteiger partial charge >= 0.3 is 5.97 Å². The van der Waals surface area contributed by atoms with Gasteiger partial charge in [0.25, 0.3) is 0 Å². The molecule has 2 unspecified atom stereocenters. The third kappa shape index (κ3) is 4.13. The van der Waals surface area contributed by atoms with Gasteiger partial charge in [0.2, 0.25) is 5.91 Å². The first kappa shape index (κ1) is 19.0. The van der Waals surface area contributed by atoms with E-state index in [1.54, 1.807) is 7.11 Å². The van der Waals surface area contributed by atoms with Crippen molar-refractivity contribution >= 4 is 11.9 Å². The van der Waals surface area contributed by atoms with Crippen LogP contribution in [0.1, 0.15) is 42.4 Å². The zero-order chi connectivity index (χ0) is 19.4. The van der Waals surface area contributed by atoms with Crippen LogP contribution in [0.2, 0.25) is 0 Å². The van der Waals surface area contributed by atoms with E-state index >= 15 is 0 Å². The topological polar surface area (TPSA) is 66.8 Å². The molecule has 0 spiro atoms. The molecule has 0 aliphatic carbocycles. The molecule has 5 nitrogen and oxygen atoms in total. The Hall–Kier alpha value is -2.82. The van der Waals surface area contributed by atoms with Crippen LogP contribution < -0.4 is 4.74 Å². The minimum Gasteiger partial charge on any atom is -0.497 e. The van der Waals surface area contributed by atoms with E-state index in [0.29, 0.717) is 19.4 Å². The first-order valence-corrected chi connectivity index (χ1v) is 9.26. The quantitative estimate of drug-likeness (QED) is 0.847. The Morgan fingerprint density at radius 2 is 1.81 bits per heavy atom. The van der Waals surface area contributed by atoms with E-state index in [4.69, 9.17) is 4.74 Å². The summed E-state index contributed by atoms with van der Waals surface area (Å²) in [5, 5.41) is 9.64. The summed E-state index contributed by atoms with van der Waals surface area (Å²) in [7, 11) is 1.62. The van der Waals surface area contributed by atoms with Crippen LogP contribution in [0.3, 0.4) is 0 Å². The fourth-order valence-electron chi connectivity index (χ4n) is 3.71. The van der Waals surface area contributed by atoms with Crippen molar-refractivity contribution in [3.63, 3.8) is 0 Å². The minimum absolute atomic E-state index is 0.0509. The Morgan fingerprint density at radius 1 is 1.15 bits per heavy atom. The zero-order valence-corrected chi connectivity index (χ0v) is 15.7. The first-order valence-electron chi connectivity index (χ1n) is 9.26. The van der Waals surface area contributed by atoms with Gasteiger partial charge < -0.3 is 14.7 Å². The maximum absolute atomic E-state index is 13.0. The summed E-state index contributed by atoms with van der Waals surface area (Å²) < 4.78 is 5.19. The summed E-state index contributed by atoms with van der Waals surface area (Å²) in [5.41, 5.74) is 3.10. The number of carbonyl (C=O) groups is 2. The van der Waals surface area contributed by atoms with Gasteiger partial charge in [-0.2, -0.15) is 0 Å². The summed E-state index contributed by atoms with van der Waals surface area (Å²) in [6.45, 7) is 2.40. The highest BCUT2D eigenvalue weighted by Gasteiger charge is 2.35. The Labute approximate surface area is 159 Å². The van der Waals surface area contributed by atoms with Crippen LogP contribution in [0, 0.1) is 0 Å². The molecule has 0 bridgehead atoms. The zero-order valence-electron chi connectivity index (χ0n) is 15.7. The Morgan fingerprint density at radius 3 is 2.41 bits per heavy atom. The molecule has 1 aliphatic rings. The van der Waals surface area contributed by atoms with Gasteiger partial charge in [0.15, 0.2) is 0 Å². The van der Waals surface area contributed by atoms with Crippen LogP contribution in [0.15, 0.2) is 48.5 Å². The highest BCUT2D eigenvalue weighted by atomic mass is 16.5. The number of nitrogens with zero attached hydrogens (tertiary/aromatic N) is 1. The molecule has 0 aromatic heterocycles. The number of carbonyl (C=O) groups excluding carboxylic acids is 1. The van der Waals surface area contributed by atoms with Gasteiger partial charge in [0.1, 0.15) is 11.8 Å². The number of hydrogen-bond donors (Lipinski definition) is 1. The van der Waals surface area contributed by atoms with Crippen molar-refractivity contribution < 1.29 is 19.4 Å². The number of methoxy groups -OCH3 is 1. The van der Waals surface area contributed by atoms with E-state index in [1.165, 1.54) is 4.90 Å². The molecule has 1 heterocycles. The van der Waals surface area contributed by atoms with Gasteiger partial charge in [-0.1, -0.05) is 43.3 Å². The van der Waals surface area contributed by atoms with E-state index in [0.717, 1.165) is 28.9 Å². The van der Waals surface area contributed by atoms with Crippen LogP contribution in [-0.4, -0.2) is 35.0 Å². The second kappa shape index (κ2) is 8.25. The highest BCUT2D eigenvalue weighted by Crippen LogP contribution is 2.29. The average molecular weight is 367 g/mol. The molecular formula is C22H25NO4. The second-order valence-corrected chi connectivity index (χ2v) is 6.93. The lowest BCUT2D eigenvalue weighted by Crippen LogP contribution is -2.48. The van der Waals surface area contributed by atoms with Gasteiger partial charge in [-0.05, 0) is 41.2 Å². The lowest BCUT2D eigenvalue weighted by atomic mass is 9.90. The van der Waals surface area contributed by atoms with E-state index in [9.17, 15) is 14.7 Å². The van der Waals surface area contributed by atoms with Gasteiger partial charge in [0.05, 0.1) is 7.11 Å². The van der Waals surface area contributed by atoms with Gasteiger partial charge in [0, 0.05) is 19.4 Å². The molecule has 0 radical (unpaired) electrons. The third-order valence-corrected chi connectivity index (χ3v) is 5.35. The predicted molar refractivity (Wildman–Crippen MR) is 103 cm³/mol. The number of amides is 1. The lowest BCUT2D eigenvalue weighted by Gasteiger charge is -2.35. The molecule has 3 rings (SSSR count). The Balaban J connectivity index is 1.79. The Bertz CT molecular complexity index is 815. The number of hydrogen-bond acceptors (Lipinski definition) is 3. The molecule has 0 saturated heterocycles. The maximum Gasteiger partial charge on any atom is 0.326 e. The van der Waals surface area contributed by atoms with Crippen molar-refractivity contribution in [3.05, 3.63) is 65.2 Å². The summed E-state index contributed by atoms with van der Waals surface area (Å²) in [5.74, 6) is -0.233. The highest BCUT2D eigenvalue weighted by molar-refractivity contribution is 5.85. The molecule has 0 fully saturated rings. The molecule has 1 amide bonds. The largest absolute Gasteiger partial charge is 0.497 e. The van der Waals surface area contributed by atoms with Gasteiger partial charge in [-0.3, -0.25) is 4.79 Å². The summed E-state index contributed by atoms with van der Waals surface area (Å²) in [4.78, 5) is 26.3. The lowest BCUT2D eigenvalue weighted by molar-refractivity contribution is -0.151. The van der Waals surface area contributed by atoms with Crippen molar-refractivity contribution in [3.8, 4) is 5.75 Å². The monoisotopic (exact) mass is 367 g/mol. The molecule has 0 saturated carbocycles. The fourth-order valence-corrected chi connectivity index (χ4v) is 3.71. The fraction of sp³-hybridized carbons (Fsp3) is 0.364. The molecule has 5 heteroatoms. The standard InChI is InChI=1S/C22H25NO4/c1-3-15(16-8-10-19(27-2)11-9-16)13-21(24)23-14-18-7-5-4-6-17(18)12-20(23)22(25)26/h4-11,15,20H,3,12-14H2,1-2H3,(H,25,26). The molecule has 1 aliphatic heterocycles. The molecule has 2 atom stereocenters. The van der Waals surface area contributed by atoms with Gasteiger partial charge in [-0.25, -0.2) is 4.79 Å². The van der Waals surface area contributed by atoms with E-state index < -0.39 is 12.0 Å². The average Bonchev–Trinajstić information content (AvgIpc) is 2.70. The van der Waals surface area contributed by atoms with E-state index in [-0.39, 0.29) is 11.8 Å². The van der Waals surface area contributed by atoms with E-state index in [1.807, 2.05) is 55.5 Å². The van der Waals surface area contributed by atoms with Crippen LogP contribution in [0.25, 0.3) is 0 Å². The molecule has 2 aromatic carbocycles. The summed E-state index contributed by atoms with van der Waals surface area (Å²) in [6, 6.07) is 14.7. The van der Waals surface area contributed by atoms with Crippen LogP contribution >= 0.6 is 0 Å². The third-order valence-electron chi connectivity index (χ3n) is 5.35. The maximum atomic E-state index is 13.0. The normalized spacial score (nSPS) is 17.1. The number of carboxylic acid groups (broad SMARTS) is 1. The first-order chi connectivity index (χ1) is 13.0. The second-order valence-electron chi connectivity index (χ2n) is 6.93. The molecule has 1 N–H and O–H groups in total. The molecule has 2 aromatic rings. The number of benzene rings is 2. The van der Waals surface area contributed by atoms with Crippen molar-refractivity contribution in [2.24, 2.45) is 0 Å². The number of carboxylic acids is 1. The predicted octanol–water partition coefficient (Wildman–Crippen LogP) is 3.62. The summed E-state index contributed by atoms with van der Waals surface area (Å²) >= 11 is 0. The Kier molecular flexibility index (Phi) is 5.79. The molecular weight excluding hydrogens is 342 g/mol. The van der Waals surface area contributed by atoms with Crippen LogP contribution in [-0.2, 0) is 22.6 Å². The molecule has 27 heavy (non-hydrogen) atoms. The minimum atomic E-state index is -0.949. The molecule has 142 valence electrons. The van der Waals surface area contributed by atoms with Crippen molar-refractivity contribution in [1.82, 2.24) is 4.90 Å². The number of fused-ring (bicyclic) bond motifs is 1. The van der Waals surface area contributed by atoms with Crippen molar-refractivity contribution in [2.75, 3.05) is 7.11 Å². The van der Waals surface area contributed by atoms with E-state index in [2.05, 4.69) is 0 Å². The number of rotatable bonds is 6. The van der Waals surface area contributed by atoms with Gasteiger partial charge in [-0.15, -0.1) is 0 Å². The summed E-state index contributed by atoms with van der Waals surface area (Å²) in [6.07, 6.45) is 1.46. The van der Waals surface area contributed by atoms with Crippen LogP contribution in [0.5, 0.6) is 5.75 Å². The SMILES string of the molecule is CCC(CC(=O)N1Cc2ccccc2CC1C(=O)O)c1ccc(OC)cc1. The smallest absolute Gasteiger partial charge is 0.326 e. The van der Waals surface area contributed by atoms with Crippen LogP contribution in [0.4, 0.5) is 0 Å².